The number of benzene rings is 1. The number of thiazole rings is 1. The Morgan fingerprint density at radius 1 is 1.13 bits per heavy atom. The molecular formula is C21H22N6O3S. The van der Waals surface area contributed by atoms with Crippen molar-refractivity contribution in [2.24, 2.45) is 7.05 Å². The van der Waals surface area contributed by atoms with Crippen molar-refractivity contribution in [2.45, 2.75) is 32.7 Å². The Hall–Kier alpha value is -3.11. The first-order valence-corrected chi connectivity index (χ1v) is 10.9. The zero-order valence-electron chi connectivity index (χ0n) is 17.5. The molecule has 0 amide bonds. The first kappa shape index (κ1) is 19.8. The molecule has 10 heteroatoms. The van der Waals surface area contributed by atoms with Gasteiger partial charge in [0.05, 0.1) is 21.4 Å². The molecule has 0 atom stereocenters. The van der Waals surface area contributed by atoms with Crippen LogP contribution >= 0.6 is 11.3 Å². The van der Waals surface area contributed by atoms with E-state index < -0.39 is 11.1 Å². The van der Waals surface area contributed by atoms with E-state index in [-0.39, 0.29) is 6.04 Å². The molecule has 1 aliphatic heterocycles. The zero-order chi connectivity index (χ0) is 21.7. The molecule has 0 spiro atoms. The van der Waals surface area contributed by atoms with E-state index in [1.165, 1.54) is 9.13 Å². The molecule has 0 unspecified atom stereocenters. The van der Waals surface area contributed by atoms with Gasteiger partial charge in [0.15, 0.2) is 5.65 Å². The Labute approximate surface area is 181 Å². The molecule has 1 fully saturated rings. The molecular weight excluding hydrogens is 416 g/mol. The highest BCUT2D eigenvalue weighted by molar-refractivity contribution is 7.18. The summed E-state index contributed by atoms with van der Waals surface area (Å²) >= 11 is 1.63. The van der Waals surface area contributed by atoms with Crippen LogP contribution in [0, 0.1) is 13.8 Å². The molecule has 1 aromatic carbocycles. The van der Waals surface area contributed by atoms with Crippen molar-refractivity contribution < 1.29 is 4.74 Å². The Balaban J connectivity index is 1.64. The van der Waals surface area contributed by atoms with E-state index in [4.69, 9.17) is 4.74 Å². The van der Waals surface area contributed by atoms with Crippen LogP contribution in [0.15, 0.2) is 27.9 Å². The van der Waals surface area contributed by atoms with E-state index in [2.05, 4.69) is 20.3 Å². The van der Waals surface area contributed by atoms with Gasteiger partial charge in [-0.15, -0.1) is 11.3 Å². The Bertz CT molecular complexity index is 1430. The number of nitrogens with one attached hydrogen (secondary N) is 1. The minimum atomic E-state index is -0.579. The number of hydrogen-bond donors (Lipinski definition) is 1. The van der Waals surface area contributed by atoms with Gasteiger partial charge in [-0.1, -0.05) is 0 Å². The lowest BCUT2D eigenvalue weighted by Crippen LogP contribution is -2.43. The van der Waals surface area contributed by atoms with Crippen molar-refractivity contribution >= 4 is 44.4 Å². The summed E-state index contributed by atoms with van der Waals surface area (Å²) in [5.41, 5.74) is 2.68. The van der Waals surface area contributed by atoms with Gasteiger partial charge in [0, 0.05) is 32.0 Å². The number of fused-ring (bicyclic) bond motifs is 2. The van der Waals surface area contributed by atoms with Crippen LogP contribution in [0.25, 0.3) is 21.4 Å². The van der Waals surface area contributed by atoms with Crippen LogP contribution < -0.4 is 16.4 Å². The summed E-state index contributed by atoms with van der Waals surface area (Å²) in [5, 5.41) is 4.29. The fourth-order valence-corrected chi connectivity index (χ4v) is 4.87. The van der Waals surface area contributed by atoms with Crippen LogP contribution in [0.5, 0.6) is 0 Å². The third-order valence-corrected chi connectivity index (χ3v) is 6.62. The maximum Gasteiger partial charge on any atom is 0.318 e. The highest BCUT2D eigenvalue weighted by Gasteiger charge is 2.23. The van der Waals surface area contributed by atoms with Crippen molar-refractivity contribution in [3.63, 3.8) is 0 Å². The van der Waals surface area contributed by atoms with E-state index in [0.717, 1.165) is 26.5 Å². The summed E-state index contributed by atoms with van der Waals surface area (Å²) in [6, 6.07) is 3.94. The Morgan fingerprint density at radius 2 is 1.90 bits per heavy atom. The molecule has 9 nitrogen and oxygen atoms in total. The zero-order valence-corrected chi connectivity index (χ0v) is 18.3. The minimum absolute atomic E-state index is 0.126. The normalized spacial score (nSPS) is 15.1. The fourth-order valence-electron chi connectivity index (χ4n) is 4.02. The minimum Gasteiger partial charge on any atom is -0.381 e. The molecule has 0 bridgehead atoms. The van der Waals surface area contributed by atoms with Crippen LogP contribution in [0.1, 0.15) is 29.5 Å². The SMILES string of the molecule is Cc1nc2cc(C)c(Nc3ncc4c(n3)n(C3CCOCC3)c(=O)c(=O)n4C)cc2s1. The second-order valence-corrected chi connectivity index (χ2v) is 9.01. The second-order valence-electron chi connectivity index (χ2n) is 7.78. The lowest BCUT2D eigenvalue weighted by atomic mass is 10.1. The molecule has 160 valence electrons. The summed E-state index contributed by atoms with van der Waals surface area (Å²) in [6.45, 7) is 5.09. The van der Waals surface area contributed by atoms with Gasteiger partial charge in [0.25, 0.3) is 0 Å². The van der Waals surface area contributed by atoms with Crippen molar-refractivity contribution in [1.82, 2.24) is 24.1 Å². The molecule has 31 heavy (non-hydrogen) atoms. The maximum atomic E-state index is 12.9. The number of hydrogen-bond acceptors (Lipinski definition) is 8. The van der Waals surface area contributed by atoms with Gasteiger partial charge in [0.2, 0.25) is 5.95 Å². The molecule has 3 aromatic heterocycles. The van der Waals surface area contributed by atoms with Gasteiger partial charge in [-0.2, -0.15) is 4.98 Å². The molecule has 5 rings (SSSR count). The molecule has 1 N–H and O–H groups in total. The average molecular weight is 439 g/mol. The number of anilines is 2. The first-order valence-electron chi connectivity index (χ1n) is 10.1. The van der Waals surface area contributed by atoms with Crippen molar-refractivity contribution in [3.05, 3.63) is 49.6 Å². The average Bonchev–Trinajstić information content (AvgIpc) is 3.12. The summed E-state index contributed by atoms with van der Waals surface area (Å²) in [5.74, 6) is 0.370. The van der Waals surface area contributed by atoms with Gasteiger partial charge >= 0.3 is 11.1 Å². The lowest BCUT2D eigenvalue weighted by molar-refractivity contribution is 0.0695. The number of aryl methyl sites for hydroxylation is 3. The third-order valence-electron chi connectivity index (χ3n) is 5.69. The van der Waals surface area contributed by atoms with Crippen LogP contribution in [0.2, 0.25) is 0 Å². The van der Waals surface area contributed by atoms with Crippen molar-refractivity contribution in [2.75, 3.05) is 18.5 Å². The highest BCUT2D eigenvalue weighted by atomic mass is 32.1. The molecule has 0 saturated carbocycles. The van der Waals surface area contributed by atoms with Gasteiger partial charge in [-0.3, -0.25) is 14.2 Å². The van der Waals surface area contributed by atoms with Crippen molar-refractivity contribution in [1.29, 1.82) is 0 Å². The summed E-state index contributed by atoms with van der Waals surface area (Å²) in [4.78, 5) is 39.0. The number of ether oxygens (including phenoxy) is 1. The predicted molar refractivity (Wildman–Crippen MR) is 121 cm³/mol. The van der Waals surface area contributed by atoms with Crippen LogP contribution in [-0.2, 0) is 11.8 Å². The van der Waals surface area contributed by atoms with Crippen LogP contribution in [0.3, 0.4) is 0 Å². The molecule has 4 heterocycles. The van der Waals surface area contributed by atoms with Gasteiger partial charge < -0.3 is 14.6 Å². The summed E-state index contributed by atoms with van der Waals surface area (Å²) in [7, 11) is 1.57. The van der Waals surface area contributed by atoms with E-state index >= 15 is 0 Å². The summed E-state index contributed by atoms with van der Waals surface area (Å²) in [6.07, 6.45) is 2.91. The topological polar surface area (TPSA) is 104 Å². The van der Waals surface area contributed by atoms with E-state index in [1.807, 2.05) is 26.0 Å². The van der Waals surface area contributed by atoms with E-state index in [9.17, 15) is 9.59 Å². The molecule has 0 aliphatic carbocycles. The number of nitrogens with zero attached hydrogens (tertiary/aromatic N) is 5. The quantitative estimate of drug-likeness (QED) is 0.491. The molecule has 1 aliphatic rings. The lowest BCUT2D eigenvalue weighted by Gasteiger charge is -2.25. The van der Waals surface area contributed by atoms with E-state index in [0.29, 0.717) is 43.2 Å². The standard InChI is InChI=1S/C21H22N6O3S/c1-11-8-15-17(31-12(2)23-15)9-14(11)24-21-22-10-16-18(25-21)27(13-4-6-30-7-5-13)20(29)19(28)26(16)3/h8-10,13H,4-7H2,1-3H3,(H,22,24,25). The smallest absolute Gasteiger partial charge is 0.318 e. The van der Waals surface area contributed by atoms with Crippen molar-refractivity contribution in [3.8, 4) is 0 Å². The Morgan fingerprint density at radius 3 is 2.68 bits per heavy atom. The van der Waals surface area contributed by atoms with Crippen LogP contribution in [0.4, 0.5) is 11.6 Å². The number of rotatable bonds is 3. The fraction of sp³-hybridized carbons (Fsp3) is 0.381. The summed E-state index contributed by atoms with van der Waals surface area (Å²) < 4.78 is 9.35. The largest absolute Gasteiger partial charge is 0.381 e. The molecule has 0 radical (unpaired) electrons. The molecule has 4 aromatic rings. The Kier molecular flexibility index (Phi) is 4.82. The third kappa shape index (κ3) is 3.41. The highest BCUT2D eigenvalue weighted by Crippen LogP contribution is 2.29. The predicted octanol–water partition coefficient (Wildman–Crippen LogP) is 2.81. The van der Waals surface area contributed by atoms with Gasteiger partial charge in [0.1, 0.15) is 5.52 Å². The second kappa shape index (κ2) is 7.54. The first-order chi connectivity index (χ1) is 14.9. The van der Waals surface area contributed by atoms with Gasteiger partial charge in [-0.05, 0) is 44.4 Å². The van der Waals surface area contributed by atoms with Crippen LogP contribution in [-0.4, -0.2) is 37.3 Å². The maximum absolute atomic E-state index is 12.9. The van der Waals surface area contributed by atoms with E-state index in [1.54, 1.807) is 24.6 Å². The van der Waals surface area contributed by atoms with Gasteiger partial charge in [-0.25, -0.2) is 9.97 Å². The molecule has 1 saturated heterocycles. The monoisotopic (exact) mass is 438 g/mol. The number of aromatic nitrogens is 5.